The highest BCUT2D eigenvalue weighted by atomic mass is 35.5. The molecule has 1 aliphatic heterocycles. The van der Waals surface area contributed by atoms with Crippen LogP contribution in [0.5, 0.6) is 0 Å². The molecule has 1 aliphatic rings. The lowest BCUT2D eigenvalue weighted by atomic mass is 10.1. The normalized spacial score (nSPS) is 20.0. The molecule has 3 nitrogen and oxygen atoms in total. The molecule has 1 N–H and O–H groups in total. The van der Waals surface area contributed by atoms with Gasteiger partial charge in [-0.25, -0.2) is 0 Å². The second-order valence-corrected chi connectivity index (χ2v) is 6.28. The molecule has 21 heavy (non-hydrogen) atoms. The van der Waals surface area contributed by atoms with Crippen LogP contribution in [0.25, 0.3) is 0 Å². The third kappa shape index (κ3) is 4.35. The van der Waals surface area contributed by atoms with Gasteiger partial charge in [-0.2, -0.15) is 0 Å². The summed E-state index contributed by atoms with van der Waals surface area (Å²) in [4.78, 5) is 4.98. The van der Waals surface area contributed by atoms with Crippen molar-refractivity contribution in [1.82, 2.24) is 10.2 Å². The van der Waals surface area contributed by atoms with Crippen molar-refractivity contribution >= 4 is 17.3 Å². The van der Waals surface area contributed by atoms with E-state index in [1.165, 1.54) is 11.3 Å². The van der Waals surface area contributed by atoms with Crippen molar-refractivity contribution < 1.29 is 0 Å². The zero-order valence-electron chi connectivity index (χ0n) is 13.5. The van der Waals surface area contributed by atoms with Crippen LogP contribution in [0.3, 0.4) is 0 Å². The Hall–Kier alpha value is -0.770. The largest absolute Gasteiger partial charge is 0.369 e. The van der Waals surface area contributed by atoms with Crippen molar-refractivity contribution in [2.24, 2.45) is 0 Å². The minimum Gasteiger partial charge on any atom is -0.369 e. The van der Waals surface area contributed by atoms with Crippen molar-refractivity contribution in [1.29, 1.82) is 0 Å². The minimum atomic E-state index is 0.605. The number of nitrogens with one attached hydrogen (secondary N) is 1. The van der Waals surface area contributed by atoms with Gasteiger partial charge in [-0.05, 0) is 44.1 Å². The van der Waals surface area contributed by atoms with Gasteiger partial charge in [-0.15, -0.1) is 0 Å². The molecule has 0 aromatic heterocycles. The smallest absolute Gasteiger partial charge is 0.0471 e. The van der Waals surface area contributed by atoms with E-state index in [9.17, 15) is 0 Å². The second kappa shape index (κ2) is 8.02. The average molecular weight is 310 g/mol. The molecule has 1 aromatic carbocycles. The summed E-state index contributed by atoms with van der Waals surface area (Å²) in [5.41, 5.74) is 2.44. The van der Waals surface area contributed by atoms with Crippen LogP contribution >= 0.6 is 11.6 Å². The fraction of sp³-hybridized carbons (Fsp3) is 0.647. The van der Waals surface area contributed by atoms with E-state index in [2.05, 4.69) is 54.1 Å². The maximum absolute atomic E-state index is 6.44. The first-order valence-corrected chi connectivity index (χ1v) is 8.51. The molecular formula is C17H28ClN3. The van der Waals surface area contributed by atoms with Crippen LogP contribution < -0.4 is 10.2 Å². The Morgan fingerprint density at radius 1 is 1.29 bits per heavy atom. The highest BCUT2D eigenvalue weighted by Gasteiger charge is 2.22. The molecule has 2 rings (SSSR count). The van der Waals surface area contributed by atoms with E-state index in [0.29, 0.717) is 6.04 Å². The fourth-order valence-corrected chi connectivity index (χ4v) is 3.22. The molecule has 0 aliphatic carbocycles. The molecule has 118 valence electrons. The lowest BCUT2D eigenvalue weighted by Crippen LogP contribution is -2.51. The number of benzene rings is 1. The number of piperazine rings is 1. The zero-order chi connectivity index (χ0) is 15.2. The van der Waals surface area contributed by atoms with Crippen LogP contribution in [-0.4, -0.2) is 43.7 Å². The molecule has 1 fully saturated rings. The summed E-state index contributed by atoms with van der Waals surface area (Å²) in [5, 5.41) is 4.28. The van der Waals surface area contributed by atoms with E-state index in [4.69, 9.17) is 11.6 Å². The molecule has 1 saturated heterocycles. The standard InChI is InChI=1S/C17H28ClN3/c1-4-8-19-12-15-6-7-16(11-17(15)18)21-10-9-20(5-2)14(3)13-21/h6-7,11,14,19H,4-5,8-10,12-13H2,1-3H3. The predicted octanol–water partition coefficient (Wildman–Crippen LogP) is 3.37. The van der Waals surface area contributed by atoms with Crippen LogP contribution in [0, 0.1) is 0 Å². The summed E-state index contributed by atoms with van der Waals surface area (Å²) in [6, 6.07) is 7.10. The van der Waals surface area contributed by atoms with Gasteiger partial charge in [0.1, 0.15) is 0 Å². The number of hydrogen-bond donors (Lipinski definition) is 1. The van der Waals surface area contributed by atoms with Crippen molar-refractivity contribution in [3.05, 3.63) is 28.8 Å². The maximum atomic E-state index is 6.44. The summed E-state index contributed by atoms with van der Waals surface area (Å²) in [7, 11) is 0. The first-order valence-electron chi connectivity index (χ1n) is 8.13. The third-order valence-electron chi connectivity index (χ3n) is 4.32. The molecule has 0 radical (unpaired) electrons. The number of hydrogen-bond acceptors (Lipinski definition) is 3. The van der Waals surface area contributed by atoms with Gasteiger partial charge in [0.25, 0.3) is 0 Å². The van der Waals surface area contributed by atoms with Crippen molar-refractivity contribution in [2.45, 2.75) is 39.8 Å². The van der Waals surface area contributed by atoms with E-state index in [1.54, 1.807) is 0 Å². The Kier molecular flexibility index (Phi) is 6.34. The van der Waals surface area contributed by atoms with Crippen LogP contribution in [-0.2, 0) is 6.54 Å². The lowest BCUT2D eigenvalue weighted by molar-refractivity contribution is 0.199. The number of nitrogens with zero attached hydrogens (tertiary/aromatic N) is 2. The molecule has 0 saturated carbocycles. The summed E-state index contributed by atoms with van der Waals surface area (Å²) >= 11 is 6.44. The number of likely N-dealkylation sites (N-methyl/N-ethyl adjacent to an activating group) is 1. The van der Waals surface area contributed by atoms with Gasteiger partial charge in [0.2, 0.25) is 0 Å². The van der Waals surface area contributed by atoms with Crippen LogP contribution in [0.4, 0.5) is 5.69 Å². The Bertz CT molecular complexity index is 450. The molecule has 0 bridgehead atoms. The molecule has 4 heteroatoms. The van der Waals surface area contributed by atoms with Gasteiger partial charge in [0, 0.05) is 42.9 Å². The molecule has 0 spiro atoms. The SMILES string of the molecule is CCCNCc1ccc(N2CCN(CC)C(C)C2)cc1Cl. The quantitative estimate of drug-likeness (QED) is 0.813. The van der Waals surface area contributed by atoms with Gasteiger partial charge in [-0.1, -0.05) is 31.5 Å². The van der Waals surface area contributed by atoms with Crippen molar-refractivity contribution in [2.75, 3.05) is 37.6 Å². The van der Waals surface area contributed by atoms with Gasteiger partial charge in [0.15, 0.2) is 0 Å². The Morgan fingerprint density at radius 3 is 2.71 bits per heavy atom. The van der Waals surface area contributed by atoms with Gasteiger partial charge < -0.3 is 10.2 Å². The minimum absolute atomic E-state index is 0.605. The zero-order valence-corrected chi connectivity index (χ0v) is 14.3. The Balaban J connectivity index is 2.00. The number of halogens is 1. The topological polar surface area (TPSA) is 18.5 Å². The monoisotopic (exact) mass is 309 g/mol. The van der Waals surface area contributed by atoms with E-state index < -0.39 is 0 Å². The third-order valence-corrected chi connectivity index (χ3v) is 4.67. The Morgan fingerprint density at radius 2 is 2.10 bits per heavy atom. The second-order valence-electron chi connectivity index (χ2n) is 5.88. The molecule has 1 unspecified atom stereocenters. The van der Waals surface area contributed by atoms with Crippen LogP contribution in [0.1, 0.15) is 32.8 Å². The summed E-state index contributed by atoms with van der Waals surface area (Å²) in [6.07, 6.45) is 1.15. The molecule has 0 amide bonds. The molecule has 1 atom stereocenters. The van der Waals surface area contributed by atoms with E-state index in [-0.39, 0.29) is 0 Å². The molecule has 1 heterocycles. The first kappa shape index (κ1) is 16.6. The van der Waals surface area contributed by atoms with Crippen molar-refractivity contribution in [3.8, 4) is 0 Å². The number of rotatable bonds is 6. The number of anilines is 1. The lowest BCUT2D eigenvalue weighted by Gasteiger charge is -2.40. The highest BCUT2D eigenvalue weighted by Crippen LogP contribution is 2.25. The Labute approximate surface area is 134 Å². The van der Waals surface area contributed by atoms with Gasteiger partial charge in [0.05, 0.1) is 0 Å². The van der Waals surface area contributed by atoms with E-state index in [1.807, 2.05) is 0 Å². The first-order chi connectivity index (χ1) is 10.2. The fourth-order valence-electron chi connectivity index (χ4n) is 2.98. The van der Waals surface area contributed by atoms with Crippen LogP contribution in [0.15, 0.2) is 18.2 Å². The maximum Gasteiger partial charge on any atom is 0.0471 e. The summed E-state index contributed by atoms with van der Waals surface area (Å²) < 4.78 is 0. The van der Waals surface area contributed by atoms with Crippen molar-refractivity contribution in [3.63, 3.8) is 0 Å². The summed E-state index contributed by atoms with van der Waals surface area (Å²) in [6.45, 7) is 13.0. The average Bonchev–Trinajstić information content (AvgIpc) is 2.49. The predicted molar refractivity (Wildman–Crippen MR) is 92.4 cm³/mol. The molecule has 1 aromatic rings. The highest BCUT2D eigenvalue weighted by molar-refractivity contribution is 6.31. The van der Waals surface area contributed by atoms with E-state index >= 15 is 0 Å². The van der Waals surface area contributed by atoms with E-state index in [0.717, 1.165) is 50.7 Å². The molecular weight excluding hydrogens is 282 g/mol. The van der Waals surface area contributed by atoms with Gasteiger partial charge >= 0.3 is 0 Å². The summed E-state index contributed by atoms with van der Waals surface area (Å²) in [5.74, 6) is 0. The van der Waals surface area contributed by atoms with Crippen LogP contribution in [0.2, 0.25) is 5.02 Å². The van der Waals surface area contributed by atoms with Gasteiger partial charge in [-0.3, -0.25) is 4.90 Å².